The standard InChI is InChI=1S/C17H21NO2S/c1-13-2-4-16(5-3-13)21(19,20)18-11-15-10-14-6-8-17(15,12-18)9-7-14/h2-5,10,14H,6-9,11-12H2,1H3. The summed E-state index contributed by atoms with van der Waals surface area (Å²) in [6.45, 7) is 3.26. The zero-order valence-electron chi connectivity index (χ0n) is 12.4. The van der Waals surface area contributed by atoms with E-state index in [0.29, 0.717) is 23.9 Å². The number of hydrogen-bond acceptors (Lipinski definition) is 2. The van der Waals surface area contributed by atoms with Gasteiger partial charge in [0.25, 0.3) is 0 Å². The van der Waals surface area contributed by atoms with Gasteiger partial charge in [0.2, 0.25) is 10.0 Å². The van der Waals surface area contributed by atoms with Crippen molar-refractivity contribution in [3.05, 3.63) is 41.5 Å². The predicted molar refractivity (Wildman–Crippen MR) is 82.4 cm³/mol. The third-order valence-corrected chi connectivity index (χ3v) is 7.40. The van der Waals surface area contributed by atoms with Crippen LogP contribution in [0.4, 0.5) is 0 Å². The topological polar surface area (TPSA) is 37.4 Å². The number of fused-ring (bicyclic) bond motifs is 2. The first-order chi connectivity index (χ1) is 9.99. The molecule has 2 bridgehead atoms. The SMILES string of the molecule is Cc1ccc(S(=O)(=O)N2CC3=CC4CCC3(CC4)C2)cc1. The molecule has 21 heavy (non-hydrogen) atoms. The minimum atomic E-state index is -3.35. The van der Waals surface area contributed by atoms with Gasteiger partial charge in [-0.05, 0) is 50.7 Å². The van der Waals surface area contributed by atoms with Gasteiger partial charge in [-0.3, -0.25) is 0 Å². The molecule has 1 aliphatic heterocycles. The summed E-state index contributed by atoms with van der Waals surface area (Å²) in [7, 11) is -3.35. The molecular weight excluding hydrogens is 282 g/mol. The van der Waals surface area contributed by atoms with E-state index in [1.165, 1.54) is 31.3 Å². The quantitative estimate of drug-likeness (QED) is 0.787. The third kappa shape index (κ3) is 2.00. The second kappa shape index (κ2) is 4.43. The molecular formula is C17H21NO2S. The van der Waals surface area contributed by atoms with Gasteiger partial charge in [-0.25, -0.2) is 8.42 Å². The van der Waals surface area contributed by atoms with Gasteiger partial charge >= 0.3 is 0 Å². The fourth-order valence-electron chi connectivity index (χ4n) is 4.23. The van der Waals surface area contributed by atoms with Crippen molar-refractivity contribution in [1.29, 1.82) is 0 Å². The average Bonchev–Trinajstić information content (AvgIpc) is 2.88. The third-order valence-electron chi connectivity index (χ3n) is 5.59. The Labute approximate surface area is 126 Å². The summed E-state index contributed by atoms with van der Waals surface area (Å²) in [6.07, 6.45) is 7.19. The number of rotatable bonds is 2. The molecule has 1 spiro atoms. The molecule has 0 atom stereocenters. The van der Waals surface area contributed by atoms with Gasteiger partial charge in [-0.15, -0.1) is 0 Å². The first-order valence-corrected chi connectivity index (χ1v) is 9.22. The van der Waals surface area contributed by atoms with Crippen molar-refractivity contribution < 1.29 is 8.42 Å². The Kier molecular flexibility index (Phi) is 2.86. The van der Waals surface area contributed by atoms with E-state index in [2.05, 4.69) is 6.08 Å². The number of sulfonamides is 1. The lowest BCUT2D eigenvalue weighted by molar-refractivity contribution is 0.194. The predicted octanol–water partition coefficient (Wildman–Crippen LogP) is 3.12. The summed E-state index contributed by atoms with van der Waals surface area (Å²) in [6, 6.07) is 7.21. The van der Waals surface area contributed by atoms with Gasteiger partial charge < -0.3 is 0 Å². The molecule has 3 aliphatic carbocycles. The van der Waals surface area contributed by atoms with E-state index < -0.39 is 10.0 Å². The lowest BCUT2D eigenvalue weighted by Gasteiger charge is -2.42. The number of benzene rings is 1. The minimum Gasteiger partial charge on any atom is -0.207 e. The molecule has 1 heterocycles. The van der Waals surface area contributed by atoms with E-state index in [4.69, 9.17) is 0 Å². The molecule has 1 saturated carbocycles. The van der Waals surface area contributed by atoms with Gasteiger partial charge in [-0.2, -0.15) is 4.31 Å². The van der Waals surface area contributed by atoms with Gasteiger partial charge in [0.1, 0.15) is 0 Å². The van der Waals surface area contributed by atoms with Crippen LogP contribution in [0.15, 0.2) is 40.8 Å². The molecule has 3 nitrogen and oxygen atoms in total. The molecule has 0 unspecified atom stereocenters. The van der Waals surface area contributed by atoms with Crippen molar-refractivity contribution >= 4 is 10.0 Å². The lowest BCUT2D eigenvalue weighted by Crippen LogP contribution is -2.36. The van der Waals surface area contributed by atoms with Crippen LogP contribution < -0.4 is 0 Å². The summed E-state index contributed by atoms with van der Waals surface area (Å²) in [4.78, 5) is 0.429. The average molecular weight is 303 g/mol. The van der Waals surface area contributed by atoms with Crippen molar-refractivity contribution in [1.82, 2.24) is 4.31 Å². The van der Waals surface area contributed by atoms with Crippen LogP contribution in [0.2, 0.25) is 0 Å². The van der Waals surface area contributed by atoms with Gasteiger partial charge in [0, 0.05) is 18.5 Å². The Morgan fingerprint density at radius 3 is 2.43 bits per heavy atom. The Bertz CT molecular complexity index is 695. The van der Waals surface area contributed by atoms with Crippen molar-refractivity contribution in [2.45, 2.75) is 37.5 Å². The van der Waals surface area contributed by atoms with Crippen LogP contribution in [0.1, 0.15) is 31.2 Å². The van der Waals surface area contributed by atoms with Crippen molar-refractivity contribution in [3.8, 4) is 0 Å². The van der Waals surface area contributed by atoms with Crippen molar-refractivity contribution in [2.24, 2.45) is 11.3 Å². The first kappa shape index (κ1) is 13.5. The van der Waals surface area contributed by atoms with E-state index in [1.54, 1.807) is 16.4 Å². The zero-order valence-corrected chi connectivity index (χ0v) is 13.2. The number of allylic oxidation sites excluding steroid dienone is 1. The highest BCUT2D eigenvalue weighted by molar-refractivity contribution is 7.89. The van der Waals surface area contributed by atoms with Gasteiger partial charge in [0.15, 0.2) is 0 Å². The molecule has 1 aromatic rings. The summed E-state index contributed by atoms with van der Waals surface area (Å²) in [5, 5.41) is 0. The molecule has 5 rings (SSSR count). The Hall–Kier alpha value is -1.13. The molecule has 0 radical (unpaired) electrons. The first-order valence-electron chi connectivity index (χ1n) is 7.78. The molecule has 2 fully saturated rings. The van der Waals surface area contributed by atoms with E-state index in [0.717, 1.165) is 5.56 Å². The fraction of sp³-hybridized carbons (Fsp3) is 0.529. The second-order valence-corrected chi connectivity index (χ2v) is 8.83. The normalized spacial score (nSPS) is 32.0. The number of aryl methyl sites for hydroxylation is 1. The largest absolute Gasteiger partial charge is 0.243 e. The highest BCUT2D eigenvalue weighted by atomic mass is 32.2. The highest BCUT2D eigenvalue weighted by Gasteiger charge is 2.50. The van der Waals surface area contributed by atoms with Crippen LogP contribution in [-0.2, 0) is 10.0 Å². The molecule has 0 amide bonds. The van der Waals surface area contributed by atoms with Crippen LogP contribution in [0.3, 0.4) is 0 Å². The van der Waals surface area contributed by atoms with Crippen LogP contribution in [-0.4, -0.2) is 25.8 Å². The summed E-state index contributed by atoms with van der Waals surface area (Å²) in [5.41, 5.74) is 2.64. The van der Waals surface area contributed by atoms with E-state index >= 15 is 0 Å². The molecule has 0 aromatic heterocycles. The number of nitrogens with zero attached hydrogens (tertiary/aromatic N) is 1. The highest BCUT2D eigenvalue weighted by Crippen LogP contribution is 2.54. The summed E-state index contributed by atoms with van der Waals surface area (Å²) < 4.78 is 27.4. The van der Waals surface area contributed by atoms with E-state index in [9.17, 15) is 8.42 Å². The maximum absolute atomic E-state index is 12.9. The van der Waals surface area contributed by atoms with Crippen LogP contribution in [0, 0.1) is 18.3 Å². The maximum Gasteiger partial charge on any atom is 0.243 e. The molecule has 4 aliphatic rings. The number of hydrogen-bond donors (Lipinski definition) is 0. The Morgan fingerprint density at radius 2 is 1.81 bits per heavy atom. The second-order valence-electron chi connectivity index (χ2n) is 6.90. The van der Waals surface area contributed by atoms with Crippen molar-refractivity contribution in [3.63, 3.8) is 0 Å². The monoisotopic (exact) mass is 303 g/mol. The zero-order chi connectivity index (χ0) is 14.7. The molecule has 1 saturated heterocycles. The molecule has 0 N–H and O–H groups in total. The Morgan fingerprint density at radius 1 is 1.14 bits per heavy atom. The molecule has 112 valence electrons. The lowest BCUT2D eigenvalue weighted by atomic mass is 9.62. The van der Waals surface area contributed by atoms with Crippen LogP contribution in [0.25, 0.3) is 0 Å². The van der Waals surface area contributed by atoms with Crippen LogP contribution >= 0.6 is 0 Å². The van der Waals surface area contributed by atoms with Crippen molar-refractivity contribution in [2.75, 3.05) is 13.1 Å². The molecule has 1 aromatic carbocycles. The van der Waals surface area contributed by atoms with Crippen LogP contribution in [0.5, 0.6) is 0 Å². The smallest absolute Gasteiger partial charge is 0.207 e. The van der Waals surface area contributed by atoms with E-state index in [1.807, 2.05) is 19.1 Å². The fourth-order valence-corrected chi connectivity index (χ4v) is 5.74. The minimum absolute atomic E-state index is 0.159. The summed E-state index contributed by atoms with van der Waals surface area (Å²) in [5.74, 6) is 0.698. The van der Waals surface area contributed by atoms with Gasteiger partial charge in [-0.1, -0.05) is 29.3 Å². The molecule has 4 heteroatoms. The summed E-state index contributed by atoms with van der Waals surface area (Å²) >= 11 is 0. The van der Waals surface area contributed by atoms with Gasteiger partial charge in [0.05, 0.1) is 4.90 Å². The Balaban J connectivity index is 1.68. The van der Waals surface area contributed by atoms with E-state index in [-0.39, 0.29) is 5.41 Å². The maximum atomic E-state index is 12.9.